The molecule has 1 aliphatic heterocycles. The number of piperazine rings is 1. The van der Waals surface area contributed by atoms with Crippen LogP contribution < -0.4 is 15.5 Å². The molecule has 2 rings (SSSR count). The van der Waals surface area contributed by atoms with E-state index in [0.29, 0.717) is 31.3 Å². The highest BCUT2D eigenvalue weighted by molar-refractivity contribution is 5.81. The maximum Gasteiger partial charge on any atom is 0.224 e. The Balaban J connectivity index is 1.75. The minimum absolute atomic E-state index is 0.189. The molecular weight excluding hydrogens is 390 g/mol. The Morgan fingerprint density at radius 1 is 1.13 bits per heavy atom. The van der Waals surface area contributed by atoms with Gasteiger partial charge in [-0.2, -0.15) is 0 Å². The molecule has 1 amide bonds. The topological polar surface area (TPSA) is 80.2 Å². The van der Waals surface area contributed by atoms with Crippen molar-refractivity contribution in [3.05, 3.63) is 30.3 Å². The molecule has 0 saturated carbocycles. The highest BCUT2D eigenvalue weighted by atomic mass is 16.3. The quantitative estimate of drug-likeness (QED) is 0.370. The monoisotopic (exact) mass is 431 g/mol. The number of hydrogen-bond donors (Lipinski definition) is 3. The Morgan fingerprint density at radius 2 is 1.84 bits per heavy atom. The van der Waals surface area contributed by atoms with Crippen molar-refractivity contribution in [2.45, 2.75) is 40.0 Å². The van der Waals surface area contributed by atoms with Gasteiger partial charge in [-0.15, -0.1) is 0 Å². The summed E-state index contributed by atoms with van der Waals surface area (Å²) in [5.74, 6) is 1.90. The summed E-state index contributed by atoms with van der Waals surface area (Å²) >= 11 is 0. The molecule has 0 spiro atoms. The summed E-state index contributed by atoms with van der Waals surface area (Å²) in [4.78, 5) is 21.6. The van der Waals surface area contributed by atoms with Crippen LogP contribution in [0.3, 0.4) is 0 Å². The first-order valence-electron chi connectivity index (χ1n) is 11.7. The maximum absolute atomic E-state index is 12.6. The number of anilines is 1. The molecule has 1 unspecified atom stereocenters. The van der Waals surface area contributed by atoms with Crippen molar-refractivity contribution < 1.29 is 9.90 Å². The van der Waals surface area contributed by atoms with Gasteiger partial charge >= 0.3 is 0 Å². The number of rotatable bonds is 11. The molecule has 3 N–H and O–H groups in total. The van der Waals surface area contributed by atoms with Crippen molar-refractivity contribution in [2.75, 3.05) is 57.3 Å². The Labute approximate surface area is 187 Å². The van der Waals surface area contributed by atoms with Gasteiger partial charge in [-0.3, -0.25) is 9.79 Å². The van der Waals surface area contributed by atoms with Crippen molar-refractivity contribution in [1.82, 2.24) is 15.5 Å². The fourth-order valence-corrected chi connectivity index (χ4v) is 3.99. The van der Waals surface area contributed by atoms with Crippen LogP contribution in [0.4, 0.5) is 5.69 Å². The first kappa shape index (κ1) is 25.0. The van der Waals surface area contributed by atoms with Crippen LogP contribution >= 0.6 is 0 Å². The minimum Gasteiger partial charge on any atom is -0.396 e. The van der Waals surface area contributed by atoms with Crippen LogP contribution in [0, 0.1) is 11.8 Å². The Kier molecular flexibility index (Phi) is 11.2. The molecular formula is C24H41N5O2. The highest BCUT2D eigenvalue weighted by Crippen LogP contribution is 2.16. The second-order valence-corrected chi connectivity index (χ2v) is 8.61. The van der Waals surface area contributed by atoms with E-state index in [1.807, 2.05) is 17.9 Å². The number of para-hydroxylation sites is 1. The van der Waals surface area contributed by atoms with Gasteiger partial charge in [-0.1, -0.05) is 32.0 Å². The van der Waals surface area contributed by atoms with Crippen molar-refractivity contribution in [2.24, 2.45) is 16.8 Å². The number of nitrogens with zero attached hydrogens (tertiary/aromatic N) is 3. The van der Waals surface area contributed by atoms with Crippen molar-refractivity contribution in [3.8, 4) is 0 Å². The fourth-order valence-electron chi connectivity index (χ4n) is 3.99. The fraction of sp³-hybridized carbons (Fsp3) is 0.667. The number of carbonyl (C=O) groups is 1. The SMILES string of the molecule is CCNC(=NCC(CCO)CC(C)C)NCCC(=O)N1CCN(c2ccccc2)CC1. The normalized spacial score (nSPS) is 15.8. The van der Waals surface area contributed by atoms with Crippen LogP contribution in [-0.4, -0.2) is 74.3 Å². The number of nitrogens with one attached hydrogen (secondary N) is 2. The predicted molar refractivity (Wildman–Crippen MR) is 128 cm³/mol. The lowest BCUT2D eigenvalue weighted by atomic mass is 9.94. The maximum atomic E-state index is 12.6. The van der Waals surface area contributed by atoms with Crippen molar-refractivity contribution in [3.63, 3.8) is 0 Å². The van der Waals surface area contributed by atoms with Crippen LogP contribution in [0.5, 0.6) is 0 Å². The number of benzene rings is 1. The lowest BCUT2D eigenvalue weighted by molar-refractivity contribution is -0.131. The molecule has 1 aliphatic rings. The smallest absolute Gasteiger partial charge is 0.224 e. The van der Waals surface area contributed by atoms with Crippen LogP contribution in [0.15, 0.2) is 35.3 Å². The number of aliphatic hydroxyl groups is 1. The summed E-state index contributed by atoms with van der Waals surface area (Å²) in [6, 6.07) is 10.4. The van der Waals surface area contributed by atoms with Crippen LogP contribution in [-0.2, 0) is 4.79 Å². The summed E-state index contributed by atoms with van der Waals surface area (Å²) in [5.41, 5.74) is 1.22. The Hall–Kier alpha value is -2.28. The molecule has 174 valence electrons. The van der Waals surface area contributed by atoms with E-state index < -0.39 is 0 Å². The third-order valence-electron chi connectivity index (χ3n) is 5.58. The van der Waals surface area contributed by atoms with Gasteiger partial charge in [0.25, 0.3) is 0 Å². The number of guanidine groups is 1. The molecule has 1 saturated heterocycles. The number of aliphatic imine (C=N–C) groups is 1. The zero-order chi connectivity index (χ0) is 22.5. The Morgan fingerprint density at radius 3 is 2.45 bits per heavy atom. The molecule has 1 aromatic carbocycles. The third-order valence-corrected chi connectivity index (χ3v) is 5.58. The van der Waals surface area contributed by atoms with Gasteiger partial charge < -0.3 is 25.5 Å². The van der Waals surface area contributed by atoms with Crippen LogP contribution in [0.25, 0.3) is 0 Å². The van der Waals surface area contributed by atoms with Crippen molar-refractivity contribution >= 4 is 17.6 Å². The van der Waals surface area contributed by atoms with Gasteiger partial charge in [0.1, 0.15) is 0 Å². The van der Waals surface area contributed by atoms with E-state index >= 15 is 0 Å². The van der Waals surface area contributed by atoms with E-state index in [0.717, 1.165) is 51.5 Å². The van der Waals surface area contributed by atoms with Gasteiger partial charge in [0.05, 0.1) is 0 Å². The summed E-state index contributed by atoms with van der Waals surface area (Å²) in [6.07, 6.45) is 2.28. The summed E-state index contributed by atoms with van der Waals surface area (Å²) in [5, 5.41) is 15.9. The first-order chi connectivity index (χ1) is 15.0. The lowest BCUT2D eigenvalue weighted by Crippen LogP contribution is -2.49. The van der Waals surface area contributed by atoms with Gasteiger partial charge in [0.2, 0.25) is 5.91 Å². The van der Waals surface area contributed by atoms with E-state index in [4.69, 9.17) is 4.99 Å². The van der Waals surface area contributed by atoms with Crippen molar-refractivity contribution in [1.29, 1.82) is 0 Å². The first-order valence-corrected chi connectivity index (χ1v) is 11.7. The second-order valence-electron chi connectivity index (χ2n) is 8.61. The number of hydrogen-bond acceptors (Lipinski definition) is 4. The zero-order valence-electron chi connectivity index (χ0n) is 19.5. The minimum atomic E-state index is 0.189. The number of carbonyl (C=O) groups excluding carboxylic acids is 1. The number of amides is 1. The summed E-state index contributed by atoms with van der Waals surface area (Å²) < 4.78 is 0. The molecule has 1 atom stereocenters. The average molecular weight is 432 g/mol. The van der Waals surface area contributed by atoms with Gasteiger partial charge in [-0.25, -0.2) is 0 Å². The van der Waals surface area contributed by atoms with Gasteiger partial charge in [0, 0.05) is 64.5 Å². The van der Waals surface area contributed by atoms with Gasteiger partial charge in [-0.05, 0) is 43.7 Å². The third kappa shape index (κ3) is 9.17. The molecule has 7 heteroatoms. The van der Waals surface area contributed by atoms with Crippen LogP contribution in [0.2, 0.25) is 0 Å². The van der Waals surface area contributed by atoms with E-state index in [1.54, 1.807) is 0 Å². The molecule has 0 aliphatic carbocycles. The number of aliphatic hydroxyl groups excluding tert-OH is 1. The Bertz CT molecular complexity index is 657. The zero-order valence-corrected chi connectivity index (χ0v) is 19.5. The molecule has 0 bridgehead atoms. The molecule has 0 radical (unpaired) electrons. The molecule has 31 heavy (non-hydrogen) atoms. The molecule has 0 aromatic heterocycles. The highest BCUT2D eigenvalue weighted by Gasteiger charge is 2.21. The molecule has 7 nitrogen and oxygen atoms in total. The van der Waals surface area contributed by atoms with Crippen LogP contribution in [0.1, 0.15) is 40.0 Å². The molecule has 1 fully saturated rings. The van der Waals surface area contributed by atoms with E-state index in [9.17, 15) is 9.90 Å². The summed E-state index contributed by atoms with van der Waals surface area (Å²) in [6.45, 7) is 11.9. The average Bonchev–Trinajstić information content (AvgIpc) is 2.77. The van der Waals surface area contributed by atoms with E-state index in [2.05, 4.69) is 53.6 Å². The van der Waals surface area contributed by atoms with E-state index in [-0.39, 0.29) is 12.5 Å². The largest absolute Gasteiger partial charge is 0.396 e. The van der Waals surface area contributed by atoms with E-state index in [1.165, 1.54) is 5.69 Å². The van der Waals surface area contributed by atoms with Gasteiger partial charge in [0.15, 0.2) is 5.96 Å². The predicted octanol–water partition coefficient (Wildman–Crippen LogP) is 2.33. The lowest BCUT2D eigenvalue weighted by Gasteiger charge is -2.36. The standard InChI is InChI=1S/C24H41N5O2/c1-4-25-24(27-19-21(11-17-30)18-20(2)3)26-12-10-23(31)29-15-13-28(14-16-29)22-8-6-5-7-9-22/h5-9,20-21,30H,4,10-19H2,1-3H3,(H2,25,26,27). The molecule has 1 heterocycles. The summed E-state index contributed by atoms with van der Waals surface area (Å²) in [7, 11) is 0. The molecule has 1 aromatic rings. The second kappa shape index (κ2) is 13.9.